The molecule has 7 heteroatoms. The lowest BCUT2D eigenvalue weighted by molar-refractivity contribution is -0.137. The number of amides is 1. The summed E-state index contributed by atoms with van der Waals surface area (Å²) in [6.07, 6.45) is -3.56. The van der Waals surface area contributed by atoms with Gasteiger partial charge in [0.2, 0.25) is 0 Å². The number of carbonyl (C=O) groups is 1. The zero-order valence-corrected chi connectivity index (χ0v) is 11.1. The van der Waals surface area contributed by atoms with Crippen LogP contribution in [0.2, 0.25) is 0 Å². The molecule has 1 aromatic carbocycles. The van der Waals surface area contributed by atoms with Gasteiger partial charge >= 0.3 is 6.18 Å². The fraction of sp³-hybridized carbons (Fsp3) is 0.462. The molecule has 0 aromatic heterocycles. The first-order valence-corrected chi connectivity index (χ1v) is 6.20. The minimum atomic E-state index is -4.52. The fourth-order valence-corrected chi connectivity index (χ4v) is 1.56. The second-order valence-corrected chi connectivity index (χ2v) is 4.17. The van der Waals surface area contributed by atoms with Crippen LogP contribution in [-0.4, -0.2) is 25.6 Å². The summed E-state index contributed by atoms with van der Waals surface area (Å²) in [5.41, 5.74) is 3.88. The largest absolute Gasteiger partial charge is 0.491 e. The highest BCUT2D eigenvalue weighted by Crippen LogP contribution is 2.32. The summed E-state index contributed by atoms with van der Waals surface area (Å²) in [4.78, 5) is 11.2. The minimum absolute atomic E-state index is 0.0591. The van der Waals surface area contributed by atoms with Crippen LogP contribution in [0.1, 0.15) is 29.3 Å². The first-order valence-electron chi connectivity index (χ1n) is 6.20. The molecule has 4 nitrogen and oxygen atoms in total. The van der Waals surface area contributed by atoms with Crippen LogP contribution in [-0.2, 0) is 6.18 Å². The maximum atomic E-state index is 12.6. The van der Waals surface area contributed by atoms with Gasteiger partial charge in [0.1, 0.15) is 12.4 Å². The van der Waals surface area contributed by atoms with E-state index in [9.17, 15) is 18.0 Å². The molecule has 0 unspecified atom stereocenters. The lowest BCUT2D eigenvalue weighted by atomic mass is 10.1. The van der Waals surface area contributed by atoms with Gasteiger partial charge in [0.15, 0.2) is 0 Å². The zero-order chi connectivity index (χ0) is 15.2. The fourth-order valence-electron chi connectivity index (χ4n) is 1.56. The van der Waals surface area contributed by atoms with Crippen LogP contribution in [0.15, 0.2) is 18.2 Å². The number of alkyl halides is 3. The molecule has 0 heterocycles. The number of nitrogens with one attached hydrogen (secondary N) is 1. The molecule has 3 N–H and O–H groups in total. The van der Waals surface area contributed by atoms with E-state index in [2.05, 4.69) is 5.32 Å². The molecule has 1 rings (SSSR count). The van der Waals surface area contributed by atoms with E-state index in [0.29, 0.717) is 12.6 Å². The molecule has 1 amide bonds. The van der Waals surface area contributed by atoms with E-state index in [1.807, 2.05) is 6.92 Å². The molecule has 0 atom stereocenters. The Morgan fingerprint density at radius 1 is 1.35 bits per heavy atom. The quantitative estimate of drug-likeness (QED) is 0.757. The van der Waals surface area contributed by atoms with Gasteiger partial charge in [-0.25, -0.2) is 0 Å². The van der Waals surface area contributed by atoms with Gasteiger partial charge in [-0.05, 0) is 31.2 Å². The smallest absolute Gasteiger partial charge is 0.416 e. The summed E-state index contributed by atoms with van der Waals surface area (Å²) < 4.78 is 42.9. The Morgan fingerprint density at radius 2 is 2.05 bits per heavy atom. The second kappa shape index (κ2) is 7.14. The zero-order valence-electron chi connectivity index (χ0n) is 11.1. The van der Waals surface area contributed by atoms with Crippen molar-refractivity contribution in [2.45, 2.75) is 19.5 Å². The maximum absolute atomic E-state index is 12.6. The summed E-state index contributed by atoms with van der Waals surface area (Å²) in [6.45, 7) is 3.60. The molecule has 0 bridgehead atoms. The van der Waals surface area contributed by atoms with E-state index >= 15 is 0 Å². The average molecular weight is 290 g/mol. The lowest BCUT2D eigenvalue weighted by Crippen LogP contribution is -2.22. The Kier molecular flexibility index (Phi) is 5.82. The molecular formula is C13H17F3N2O2. The Labute approximate surface area is 115 Å². The SMILES string of the molecule is CCCNCCOc1ccc(C(F)(F)F)cc1C(N)=O. The monoisotopic (exact) mass is 290 g/mol. The topological polar surface area (TPSA) is 64.3 Å². The third-order valence-electron chi connectivity index (χ3n) is 2.54. The standard InChI is InChI=1S/C13H17F3N2O2/c1-2-5-18-6-7-20-11-4-3-9(13(14,15)16)8-10(11)12(17)19/h3-4,8,18H,2,5-7H2,1H3,(H2,17,19). The number of hydrogen-bond donors (Lipinski definition) is 2. The van der Waals surface area contributed by atoms with E-state index in [-0.39, 0.29) is 17.9 Å². The molecule has 20 heavy (non-hydrogen) atoms. The van der Waals surface area contributed by atoms with Gasteiger partial charge in [-0.1, -0.05) is 6.92 Å². The number of carbonyl (C=O) groups excluding carboxylic acids is 1. The summed E-state index contributed by atoms with van der Waals surface area (Å²) in [6, 6.07) is 2.68. The van der Waals surface area contributed by atoms with Crippen molar-refractivity contribution in [2.75, 3.05) is 19.7 Å². The van der Waals surface area contributed by atoms with Gasteiger partial charge in [-0.2, -0.15) is 13.2 Å². The van der Waals surface area contributed by atoms with Crippen LogP contribution in [0.3, 0.4) is 0 Å². The molecule has 0 aliphatic heterocycles. The molecule has 112 valence electrons. The van der Waals surface area contributed by atoms with Crippen LogP contribution in [0.25, 0.3) is 0 Å². The number of ether oxygens (including phenoxy) is 1. The predicted molar refractivity (Wildman–Crippen MR) is 68.6 cm³/mol. The molecular weight excluding hydrogens is 273 g/mol. The lowest BCUT2D eigenvalue weighted by Gasteiger charge is -2.13. The van der Waals surface area contributed by atoms with E-state index in [1.54, 1.807) is 0 Å². The second-order valence-electron chi connectivity index (χ2n) is 4.17. The molecule has 0 radical (unpaired) electrons. The molecule has 0 aliphatic carbocycles. The summed E-state index contributed by atoms with van der Waals surface area (Å²) in [5.74, 6) is -0.892. The molecule has 0 saturated carbocycles. The van der Waals surface area contributed by atoms with Crippen LogP contribution in [0, 0.1) is 0 Å². The first kappa shape index (κ1) is 16.3. The van der Waals surface area contributed by atoms with Crippen molar-refractivity contribution in [1.29, 1.82) is 0 Å². The maximum Gasteiger partial charge on any atom is 0.416 e. The van der Waals surface area contributed by atoms with Crippen LogP contribution < -0.4 is 15.8 Å². The number of nitrogens with two attached hydrogens (primary N) is 1. The Balaban J connectivity index is 2.78. The third kappa shape index (κ3) is 4.73. The highest BCUT2D eigenvalue weighted by Gasteiger charge is 2.31. The number of halogens is 3. The Morgan fingerprint density at radius 3 is 2.60 bits per heavy atom. The van der Waals surface area contributed by atoms with E-state index < -0.39 is 17.6 Å². The molecule has 0 fully saturated rings. The normalized spacial score (nSPS) is 11.4. The molecule has 0 aliphatic rings. The highest BCUT2D eigenvalue weighted by molar-refractivity contribution is 5.95. The van der Waals surface area contributed by atoms with Gasteiger partial charge in [0, 0.05) is 6.54 Å². The van der Waals surface area contributed by atoms with Crippen molar-refractivity contribution in [3.05, 3.63) is 29.3 Å². The van der Waals surface area contributed by atoms with E-state index in [4.69, 9.17) is 10.5 Å². The molecule has 0 spiro atoms. The van der Waals surface area contributed by atoms with Crippen molar-refractivity contribution in [3.8, 4) is 5.75 Å². The first-order chi connectivity index (χ1) is 9.36. The van der Waals surface area contributed by atoms with Crippen LogP contribution in [0.5, 0.6) is 5.75 Å². The van der Waals surface area contributed by atoms with Gasteiger partial charge in [-0.3, -0.25) is 4.79 Å². The van der Waals surface area contributed by atoms with Gasteiger partial charge in [0.25, 0.3) is 5.91 Å². The minimum Gasteiger partial charge on any atom is -0.491 e. The van der Waals surface area contributed by atoms with E-state index in [0.717, 1.165) is 25.1 Å². The van der Waals surface area contributed by atoms with Gasteiger partial charge < -0.3 is 15.8 Å². The number of hydrogen-bond acceptors (Lipinski definition) is 3. The summed E-state index contributed by atoms with van der Waals surface area (Å²) >= 11 is 0. The number of benzene rings is 1. The summed E-state index contributed by atoms with van der Waals surface area (Å²) in [5, 5.41) is 3.07. The highest BCUT2D eigenvalue weighted by atomic mass is 19.4. The summed E-state index contributed by atoms with van der Waals surface area (Å²) in [7, 11) is 0. The van der Waals surface area contributed by atoms with Crippen molar-refractivity contribution in [3.63, 3.8) is 0 Å². The van der Waals surface area contributed by atoms with Crippen LogP contribution in [0.4, 0.5) is 13.2 Å². The number of primary amides is 1. The predicted octanol–water partition coefficient (Wildman–Crippen LogP) is 2.18. The van der Waals surface area contributed by atoms with Crippen LogP contribution >= 0.6 is 0 Å². The van der Waals surface area contributed by atoms with Crippen molar-refractivity contribution < 1.29 is 22.7 Å². The Bertz CT molecular complexity index is 461. The van der Waals surface area contributed by atoms with Crippen molar-refractivity contribution in [1.82, 2.24) is 5.32 Å². The molecule has 1 aromatic rings. The molecule has 0 saturated heterocycles. The number of rotatable bonds is 7. The average Bonchev–Trinajstić information content (AvgIpc) is 2.37. The van der Waals surface area contributed by atoms with Gasteiger partial charge in [-0.15, -0.1) is 0 Å². The van der Waals surface area contributed by atoms with E-state index in [1.165, 1.54) is 0 Å². The van der Waals surface area contributed by atoms with Crippen molar-refractivity contribution >= 4 is 5.91 Å². The Hall–Kier alpha value is -1.76. The van der Waals surface area contributed by atoms with Gasteiger partial charge in [0.05, 0.1) is 11.1 Å². The van der Waals surface area contributed by atoms with Crippen molar-refractivity contribution in [2.24, 2.45) is 5.73 Å². The third-order valence-corrected chi connectivity index (χ3v) is 2.54.